The van der Waals surface area contributed by atoms with Crippen LogP contribution < -0.4 is 0 Å². The summed E-state index contributed by atoms with van der Waals surface area (Å²) in [7, 11) is 0. The first-order valence-corrected chi connectivity index (χ1v) is 19.9. The Morgan fingerprint density at radius 3 is 1.69 bits per heavy atom. The summed E-state index contributed by atoms with van der Waals surface area (Å²) in [6.45, 7) is 4.48. The van der Waals surface area contributed by atoms with Gasteiger partial charge in [0, 0.05) is 11.1 Å². The molecule has 0 radical (unpaired) electrons. The monoisotopic (exact) mass is 658 g/mol. The van der Waals surface area contributed by atoms with Gasteiger partial charge in [-0.3, -0.25) is 0 Å². The SMILES string of the molecule is CCCCCCCCc1ccc(-c2ccc(-c3ccc(C4CCC(C5CCC(CCCCCCC)CC5)CC4)cc3F)cc2)c(F)c1F. The third kappa shape index (κ3) is 10.0. The van der Waals surface area contributed by atoms with Crippen LogP contribution in [0.15, 0.2) is 54.6 Å². The fourth-order valence-electron chi connectivity index (χ4n) is 8.86. The first-order chi connectivity index (χ1) is 23.5. The Balaban J connectivity index is 1.10. The number of aryl methyl sites for hydroxylation is 1. The molecule has 262 valence electrons. The van der Waals surface area contributed by atoms with Gasteiger partial charge in [0.05, 0.1) is 0 Å². The highest BCUT2D eigenvalue weighted by atomic mass is 19.2. The summed E-state index contributed by atoms with van der Waals surface area (Å²) in [5, 5.41) is 0. The van der Waals surface area contributed by atoms with E-state index in [9.17, 15) is 4.39 Å². The van der Waals surface area contributed by atoms with E-state index in [0.717, 1.165) is 61.0 Å². The molecule has 0 N–H and O–H groups in total. The van der Waals surface area contributed by atoms with Crippen LogP contribution in [0.1, 0.15) is 159 Å². The Bertz CT molecular complexity index is 1380. The van der Waals surface area contributed by atoms with E-state index in [1.54, 1.807) is 30.3 Å². The molecule has 2 aliphatic carbocycles. The van der Waals surface area contributed by atoms with Crippen molar-refractivity contribution in [2.75, 3.05) is 0 Å². The van der Waals surface area contributed by atoms with Gasteiger partial charge in [0.25, 0.3) is 0 Å². The van der Waals surface area contributed by atoms with Crippen molar-refractivity contribution in [1.29, 1.82) is 0 Å². The van der Waals surface area contributed by atoms with Gasteiger partial charge >= 0.3 is 0 Å². The van der Waals surface area contributed by atoms with E-state index in [0.29, 0.717) is 29.0 Å². The number of halogens is 3. The lowest BCUT2D eigenvalue weighted by Gasteiger charge is -2.38. The maximum Gasteiger partial charge on any atom is 0.166 e. The van der Waals surface area contributed by atoms with E-state index in [2.05, 4.69) is 19.9 Å². The topological polar surface area (TPSA) is 0 Å². The largest absolute Gasteiger partial charge is 0.206 e. The Hall–Kier alpha value is -2.55. The molecule has 0 atom stereocenters. The van der Waals surface area contributed by atoms with E-state index >= 15 is 8.78 Å². The molecule has 0 amide bonds. The second kappa shape index (κ2) is 19.0. The number of hydrogen-bond acceptors (Lipinski definition) is 0. The van der Waals surface area contributed by atoms with Gasteiger partial charge in [-0.25, -0.2) is 13.2 Å². The second-order valence-corrected chi connectivity index (χ2v) is 15.3. The molecule has 3 aromatic rings. The van der Waals surface area contributed by atoms with Crippen molar-refractivity contribution < 1.29 is 13.2 Å². The van der Waals surface area contributed by atoms with Crippen LogP contribution in [0.2, 0.25) is 0 Å². The lowest BCUT2D eigenvalue weighted by molar-refractivity contribution is 0.155. The molecular weight excluding hydrogens is 597 g/mol. The lowest BCUT2D eigenvalue weighted by Crippen LogP contribution is -2.25. The predicted molar refractivity (Wildman–Crippen MR) is 198 cm³/mol. The Morgan fingerprint density at radius 1 is 0.521 bits per heavy atom. The normalized spacial score (nSPS) is 21.4. The molecule has 2 fully saturated rings. The zero-order valence-electron chi connectivity index (χ0n) is 30.0. The molecule has 48 heavy (non-hydrogen) atoms. The van der Waals surface area contributed by atoms with Crippen LogP contribution in [-0.2, 0) is 6.42 Å². The number of benzene rings is 3. The molecular formula is C45H61F3. The molecule has 0 nitrogen and oxygen atoms in total. The van der Waals surface area contributed by atoms with Gasteiger partial charge in [-0.05, 0) is 103 Å². The molecule has 2 saturated carbocycles. The van der Waals surface area contributed by atoms with E-state index in [4.69, 9.17) is 0 Å². The van der Waals surface area contributed by atoms with Gasteiger partial charge < -0.3 is 0 Å². The minimum atomic E-state index is -0.794. The summed E-state index contributed by atoms with van der Waals surface area (Å²) >= 11 is 0. The van der Waals surface area contributed by atoms with E-state index in [1.807, 2.05) is 18.2 Å². The summed E-state index contributed by atoms with van der Waals surface area (Å²) < 4.78 is 45.6. The molecule has 3 aromatic carbocycles. The van der Waals surface area contributed by atoms with E-state index in [-0.39, 0.29) is 11.4 Å². The zero-order chi connectivity index (χ0) is 33.7. The fourth-order valence-corrected chi connectivity index (χ4v) is 8.86. The Kier molecular flexibility index (Phi) is 14.5. The van der Waals surface area contributed by atoms with Crippen molar-refractivity contribution in [2.24, 2.45) is 17.8 Å². The quantitative estimate of drug-likeness (QED) is 0.127. The third-order valence-corrected chi connectivity index (χ3v) is 12.0. The van der Waals surface area contributed by atoms with Gasteiger partial charge in [0.1, 0.15) is 5.82 Å². The van der Waals surface area contributed by atoms with Gasteiger partial charge in [-0.2, -0.15) is 0 Å². The Labute approximate surface area is 290 Å². The summed E-state index contributed by atoms with van der Waals surface area (Å²) in [6.07, 6.45) is 26.3. The van der Waals surface area contributed by atoms with Crippen molar-refractivity contribution in [3.8, 4) is 22.3 Å². The van der Waals surface area contributed by atoms with Gasteiger partial charge in [0.15, 0.2) is 11.6 Å². The minimum absolute atomic E-state index is 0.202. The first-order valence-electron chi connectivity index (χ1n) is 19.9. The molecule has 3 heteroatoms. The van der Waals surface area contributed by atoms with Gasteiger partial charge in [-0.1, -0.05) is 146 Å². The summed E-state index contributed by atoms with van der Waals surface area (Å²) in [5.41, 5.74) is 3.74. The van der Waals surface area contributed by atoms with Crippen molar-refractivity contribution in [3.63, 3.8) is 0 Å². The smallest absolute Gasteiger partial charge is 0.166 e. The number of hydrogen-bond donors (Lipinski definition) is 0. The van der Waals surface area contributed by atoms with Crippen molar-refractivity contribution in [2.45, 2.75) is 155 Å². The molecule has 0 aliphatic heterocycles. The number of rotatable bonds is 17. The maximum atomic E-state index is 15.5. The maximum absolute atomic E-state index is 15.5. The van der Waals surface area contributed by atoms with Crippen LogP contribution in [0.3, 0.4) is 0 Å². The van der Waals surface area contributed by atoms with E-state index < -0.39 is 11.6 Å². The van der Waals surface area contributed by atoms with Gasteiger partial charge in [0.2, 0.25) is 0 Å². The predicted octanol–water partition coefficient (Wildman–Crippen LogP) is 14.8. The van der Waals surface area contributed by atoms with Crippen LogP contribution in [-0.4, -0.2) is 0 Å². The highest BCUT2D eigenvalue weighted by molar-refractivity contribution is 5.71. The molecule has 0 aromatic heterocycles. The average molecular weight is 659 g/mol. The minimum Gasteiger partial charge on any atom is -0.206 e. The lowest BCUT2D eigenvalue weighted by atomic mass is 9.68. The fraction of sp³-hybridized carbons (Fsp3) is 0.600. The summed E-state index contributed by atoms with van der Waals surface area (Å²) in [6, 6.07) is 16.4. The highest BCUT2D eigenvalue weighted by Gasteiger charge is 2.31. The molecule has 0 unspecified atom stereocenters. The Morgan fingerprint density at radius 2 is 1.06 bits per heavy atom. The summed E-state index contributed by atoms with van der Waals surface area (Å²) in [5.74, 6) is 1.42. The highest BCUT2D eigenvalue weighted by Crippen LogP contribution is 2.45. The van der Waals surface area contributed by atoms with E-state index in [1.165, 1.54) is 96.3 Å². The van der Waals surface area contributed by atoms with Gasteiger partial charge in [-0.15, -0.1) is 0 Å². The first kappa shape index (κ1) is 36.7. The zero-order valence-corrected chi connectivity index (χ0v) is 30.0. The van der Waals surface area contributed by atoms with Crippen LogP contribution >= 0.6 is 0 Å². The molecule has 0 bridgehead atoms. The molecule has 0 saturated heterocycles. The van der Waals surface area contributed by atoms with Crippen molar-refractivity contribution >= 4 is 0 Å². The third-order valence-electron chi connectivity index (χ3n) is 12.0. The number of unbranched alkanes of at least 4 members (excludes halogenated alkanes) is 9. The van der Waals surface area contributed by atoms with Crippen LogP contribution in [0, 0.1) is 35.2 Å². The summed E-state index contributed by atoms with van der Waals surface area (Å²) in [4.78, 5) is 0. The molecule has 2 aliphatic rings. The molecule has 0 heterocycles. The standard InChI is InChI=1S/C45H61F3/c1-3-5-7-9-11-13-15-39-28-31-42(45(48)44(39)47)38-26-24-37(25-27-38)41-30-29-40(32-43(41)46)36-22-20-35(21-23-36)34-18-16-33(17-19-34)14-12-10-8-6-4-2/h24-36H,3-23H2,1-2H3. The molecule has 0 spiro atoms. The van der Waals surface area contributed by atoms with Crippen molar-refractivity contribution in [1.82, 2.24) is 0 Å². The van der Waals surface area contributed by atoms with Crippen LogP contribution in [0.4, 0.5) is 13.2 Å². The van der Waals surface area contributed by atoms with Crippen LogP contribution in [0.5, 0.6) is 0 Å². The molecule has 5 rings (SSSR count). The van der Waals surface area contributed by atoms with Crippen LogP contribution in [0.25, 0.3) is 22.3 Å². The second-order valence-electron chi connectivity index (χ2n) is 15.3. The van der Waals surface area contributed by atoms with Crippen molar-refractivity contribution in [3.05, 3.63) is 83.2 Å². The average Bonchev–Trinajstić information content (AvgIpc) is 3.12.